The summed E-state index contributed by atoms with van der Waals surface area (Å²) in [5, 5.41) is 18.5. The molecule has 3 nitrogen and oxygen atoms in total. The standard InChI is InChI=1S/C15H21NO2.ClH/c16-10-9-15(18)14-8-5-7-13(12-14)6-3-1-2-4-11-17;/h5,7-8,12,15,17-18H,1-2,4,9-11,16H2;1H. The molecule has 106 valence electrons. The minimum atomic E-state index is -0.508. The molecule has 1 unspecified atom stereocenters. The first-order valence-corrected chi connectivity index (χ1v) is 6.35. The van der Waals surface area contributed by atoms with E-state index in [1.54, 1.807) is 0 Å². The molecule has 0 amide bonds. The highest BCUT2D eigenvalue weighted by Gasteiger charge is 2.05. The summed E-state index contributed by atoms with van der Waals surface area (Å²) in [7, 11) is 0. The number of aliphatic hydroxyl groups excluding tert-OH is 2. The lowest BCUT2D eigenvalue weighted by Gasteiger charge is -2.09. The van der Waals surface area contributed by atoms with Crippen LogP contribution in [0.25, 0.3) is 0 Å². The number of aliphatic hydroxyl groups is 2. The van der Waals surface area contributed by atoms with Gasteiger partial charge in [-0.1, -0.05) is 24.0 Å². The van der Waals surface area contributed by atoms with Gasteiger partial charge in [0.25, 0.3) is 0 Å². The molecule has 0 spiro atoms. The maximum atomic E-state index is 9.83. The van der Waals surface area contributed by atoms with Gasteiger partial charge in [0.2, 0.25) is 0 Å². The second-order valence-corrected chi connectivity index (χ2v) is 4.20. The second kappa shape index (κ2) is 10.8. The summed E-state index contributed by atoms with van der Waals surface area (Å²) in [4.78, 5) is 0. The number of nitrogens with two attached hydrogens (primary N) is 1. The van der Waals surface area contributed by atoms with Crippen LogP contribution in [-0.4, -0.2) is 23.4 Å². The van der Waals surface area contributed by atoms with E-state index in [0.29, 0.717) is 13.0 Å². The minimum absolute atomic E-state index is 0. The molecular formula is C15H22ClNO2. The van der Waals surface area contributed by atoms with E-state index in [1.165, 1.54) is 0 Å². The zero-order valence-corrected chi connectivity index (χ0v) is 11.8. The molecule has 1 atom stereocenters. The minimum Gasteiger partial charge on any atom is -0.396 e. The molecule has 1 aromatic carbocycles. The maximum Gasteiger partial charge on any atom is 0.0802 e. The summed E-state index contributed by atoms with van der Waals surface area (Å²) >= 11 is 0. The van der Waals surface area contributed by atoms with Gasteiger partial charge < -0.3 is 15.9 Å². The third kappa shape index (κ3) is 7.19. The summed E-state index contributed by atoms with van der Waals surface area (Å²) in [6, 6.07) is 7.61. The number of halogens is 1. The van der Waals surface area contributed by atoms with Crippen LogP contribution in [0.2, 0.25) is 0 Å². The average Bonchev–Trinajstić information content (AvgIpc) is 2.39. The molecule has 0 saturated carbocycles. The van der Waals surface area contributed by atoms with Crippen LogP contribution in [0.5, 0.6) is 0 Å². The van der Waals surface area contributed by atoms with Crippen LogP contribution in [0.3, 0.4) is 0 Å². The van der Waals surface area contributed by atoms with Crippen molar-refractivity contribution < 1.29 is 10.2 Å². The van der Waals surface area contributed by atoms with Gasteiger partial charge in [0.15, 0.2) is 0 Å². The van der Waals surface area contributed by atoms with E-state index >= 15 is 0 Å². The number of hydrogen-bond acceptors (Lipinski definition) is 3. The van der Waals surface area contributed by atoms with Crippen molar-refractivity contribution in [3.05, 3.63) is 35.4 Å². The molecular weight excluding hydrogens is 262 g/mol. The van der Waals surface area contributed by atoms with Crippen molar-refractivity contribution in [3.8, 4) is 11.8 Å². The Bertz CT molecular complexity index is 412. The van der Waals surface area contributed by atoms with Gasteiger partial charge in [0.05, 0.1) is 6.10 Å². The van der Waals surface area contributed by atoms with Gasteiger partial charge in [-0.15, -0.1) is 12.4 Å². The van der Waals surface area contributed by atoms with Crippen LogP contribution in [0.4, 0.5) is 0 Å². The van der Waals surface area contributed by atoms with Crippen molar-refractivity contribution >= 4 is 12.4 Å². The Hall–Kier alpha value is -1.05. The molecule has 0 heterocycles. The SMILES string of the molecule is Cl.NCCC(O)c1cccc(C#CCCCCO)c1. The van der Waals surface area contributed by atoms with Gasteiger partial charge in [-0.05, 0) is 43.5 Å². The molecule has 0 fully saturated rings. The molecule has 0 aliphatic rings. The fourth-order valence-corrected chi connectivity index (χ4v) is 1.64. The van der Waals surface area contributed by atoms with E-state index in [1.807, 2.05) is 24.3 Å². The third-order valence-electron chi connectivity index (χ3n) is 2.65. The Labute approximate surface area is 121 Å². The third-order valence-corrected chi connectivity index (χ3v) is 2.65. The van der Waals surface area contributed by atoms with E-state index in [2.05, 4.69) is 11.8 Å². The van der Waals surface area contributed by atoms with Crippen molar-refractivity contribution in [2.24, 2.45) is 5.73 Å². The van der Waals surface area contributed by atoms with Crippen LogP contribution < -0.4 is 5.73 Å². The molecule has 0 aliphatic carbocycles. The van der Waals surface area contributed by atoms with Gasteiger partial charge in [0.1, 0.15) is 0 Å². The topological polar surface area (TPSA) is 66.5 Å². The summed E-state index contributed by atoms with van der Waals surface area (Å²) in [6.45, 7) is 0.695. The molecule has 0 bridgehead atoms. The Morgan fingerprint density at radius 2 is 2.05 bits per heavy atom. The fraction of sp³-hybridized carbons (Fsp3) is 0.467. The molecule has 0 radical (unpaired) electrons. The summed E-state index contributed by atoms with van der Waals surface area (Å²) < 4.78 is 0. The molecule has 0 aliphatic heterocycles. The van der Waals surface area contributed by atoms with Crippen molar-refractivity contribution in [1.29, 1.82) is 0 Å². The van der Waals surface area contributed by atoms with Crippen molar-refractivity contribution in [2.45, 2.75) is 31.8 Å². The monoisotopic (exact) mass is 283 g/mol. The number of rotatable bonds is 6. The van der Waals surface area contributed by atoms with Crippen LogP contribution in [0, 0.1) is 11.8 Å². The van der Waals surface area contributed by atoms with Crippen molar-refractivity contribution in [3.63, 3.8) is 0 Å². The molecule has 0 aromatic heterocycles. The lowest BCUT2D eigenvalue weighted by atomic mass is 10.0. The van der Waals surface area contributed by atoms with Crippen LogP contribution in [0.15, 0.2) is 24.3 Å². The predicted octanol–water partition coefficient (Wildman–Crippen LogP) is 2.00. The van der Waals surface area contributed by atoms with Gasteiger partial charge >= 0.3 is 0 Å². The highest BCUT2D eigenvalue weighted by molar-refractivity contribution is 5.85. The average molecular weight is 284 g/mol. The summed E-state index contributed by atoms with van der Waals surface area (Å²) in [5.74, 6) is 6.13. The van der Waals surface area contributed by atoms with E-state index in [-0.39, 0.29) is 19.0 Å². The number of benzene rings is 1. The number of unbranched alkanes of at least 4 members (excludes halogenated alkanes) is 2. The Morgan fingerprint density at radius 1 is 1.26 bits per heavy atom. The fourth-order valence-electron chi connectivity index (χ4n) is 1.64. The Balaban J connectivity index is 0.00000324. The van der Waals surface area contributed by atoms with Crippen molar-refractivity contribution in [2.75, 3.05) is 13.2 Å². The van der Waals surface area contributed by atoms with Gasteiger partial charge in [-0.2, -0.15) is 0 Å². The zero-order chi connectivity index (χ0) is 13.2. The Morgan fingerprint density at radius 3 is 2.74 bits per heavy atom. The van der Waals surface area contributed by atoms with E-state index < -0.39 is 6.10 Å². The first-order valence-electron chi connectivity index (χ1n) is 6.35. The van der Waals surface area contributed by atoms with Crippen LogP contribution in [0.1, 0.15) is 42.9 Å². The van der Waals surface area contributed by atoms with Crippen molar-refractivity contribution in [1.82, 2.24) is 0 Å². The molecule has 0 saturated heterocycles. The first-order chi connectivity index (χ1) is 8.77. The van der Waals surface area contributed by atoms with E-state index in [0.717, 1.165) is 30.4 Å². The largest absolute Gasteiger partial charge is 0.396 e. The highest BCUT2D eigenvalue weighted by atomic mass is 35.5. The highest BCUT2D eigenvalue weighted by Crippen LogP contribution is 2.16. The summed E-state index contributed by atoms with van der Waals surface area (Å²) in [6.07, 6.45) is 2.55. The van der Waals surface area contributed by atoms with E-state index in [4.69, 9.17) is 10.8 Å². The smallest absolute Gasteiger partial charge is 0.0802 e. The summed E-state index contributed by atoms with van der Waals surface area (Å²) in [5.41, 5.74) is 7.20. The maximum absolute atomic E-state index is 9.83. The van der Waals surface area contributed by atoms with Gasteiger partial charge in [-0.25, -0.2) is 0 Å². The zero-order valence-electron chi connectivity index (χ0n) is 11.0. The van der Waals surface area contributed by atoms with Gasteiger partial charge in [0, 0.05) is 18.6 Å². The Kier molecular flexibility index (Phi) is 10.2. The lowest BCUT2D eigenvalue weighted by molar-refractivity contribution is 0.170. The number of hydrogen-bond donors (Lipinski definition) is 3. The van der Waals surface area contributed by atoms with Crippen LogP contribution in [-0.2, 0) is 0 Å². The lowest BCUT2D eigenvalue weighted by Crippen LogP contribution is -2.06. The first kappa shape index (κ1) is 17.9. The molecule has 4 N–H and O–H groups in total. The normalized spacial score (nSPS) is 11.1. The predicted molar refractivity (Wildman–Crippen MR) is 80.1 cm³/mol. The molecule has 19 heavy (non-hydrogen) atoms. The molecule has 4 heteroatoms. The quantitative estimate of drug-likeness (QED) is 0.553. The molecule has 1 aromatic rings. The van der Waals surface area contributed by atoms with E-state index in [9.17, 15) is 5.11 Å². The second-order valence-electron chi connectivity index (χ2n) is 4.20. The van der Waals surface area contributed by atoms with Gasteiger partial charge in [-0.3, -0.25) is 0 Å². The van der Waals surface area contributed by atoms with Crippen LogP contribution >= 0.6 is 12.4 Å². The molecule has 1 rings (SSSR count).